The molecule has 0 saturated carbocycles. The first-order chi connectivity index (χ1) is 6.15. The Morgan fingerprint density at radius 2 is 2.15 bits per heavy atom. The third-order valence-corrected chi connectivity index (χ3v) is 3.96. The average Bonchev–Trinajstić information content (AvgIpc) is 2.46. The van der Waals surface area contributed by atoms with Gasteiger partial charge in [-0.15, -0.1) is 6.42 Å². The zero-order valence-corrected chi connectivity index (χ0v) is 9.53. The summed E-state index contributed by atoms with van der Waals surface area (Å²) in [6.45, 7) is 6.64. The number of hydrogen-bond donors (Lipinski definition) is 1. The Morgan fingerprint density at radius 3 is 2.54 bits per heavy atom. The van der Waals surface area contributed by atoms with Crippen molar-refractivity contribution in [3.63, 3.8) is 0 Å². The molecule has 1 aliphatic heterocycles. The van der Waals surface area contributed by atoms with Crippen LogP contribution in [0.1, 0.15) is 20.8 Å². The molecule has 1 nitrogen and oxygen atoms in total. The SMILES string of the molecule is C#CC(NC1CSCC1C)C(C)C. The molecular weight excluding hydrogens is 178 g/mol. The zero-order valence-electron chi connectivity index (χ0n) is 8.71. The van der Waals surface area contributed by atoms with Crippen LogP contribution in [-0.2, 0) is 0 Å². The highest BCUT2D eigenvalue weighted by Crippen LogP contribution is 2.24. The van der Waals surface area contributed by atoms with Crippen molar-refractivity contribution < 1.29 is 0 Å². The number of hydrogen-bond acceptors (Lipinski definition) is 2. The molecule has 0 bridgehead atoms. The number of rotatable bonds is 3. The van der Waals surface area contributed by atoms with E-state index in [4.69, 9.17) is 6.42 Å². The lowest BCUT2D eigenvalue weighted by molar-refractivity contribution is 0.380. The lowest BCUT2D eigenvalue weighted by Gasteiger charge is -2.23. The lowest BCUT2D eigenvalue weighted by atomic mass is 10.0. The molecule has 0 aromatic carbocycles. The molecule has 1 N–H and O–H groups in total. The summed E-state index contributed by atoms with van der Waals surface area (Å²) in [5, 5.41) is 3.56. The smallest absolute Gasteiger partial charge is 0.0712 e. The fourth-order valence-electron chi connectivity index (χ4n) is 1.54. The molecule has 0 aromatic heterocycles. The van der Waals surface area contributed by atoms with Crippen LogP contribution < -0.4 is 5.32 Å². The van der Waals surface area contributed by atoms with E-state index in [2.05, 4.69) is 32.0 Å². The van der Waals surface area contributed by atoms with E-state index < -0.39 is 0 Å². The Hall–Kier alpha value is -0.130. The summed E-state index contributed by atoms with van der Waals surface area (Å²) in [5.41, 5.74) is 0. The van der Waals surface area contributed by atoms with Gasteiger partial charge in [0.05, 0.1) is 6.04 Å². The van der Waals surface area contributed by atoms with Crippen molar-refractivity contribution in [2.24, 2.45) is 11.8 Å². The lowest BCUT2D eigenvalue weighted by Crippen LogP contribution is -2.43. The minimum atomic E-state index is 0.242. The molecule has 0 aliphatic carbocycles. The molecule has 1 saturated heterocycles. The summed E-state index contributed by atoms with van der Waals surface area (Å²) in [4.78, 5) is 0. The van der Waals surface area contributed by atoms with Crippen molar-refractivity contribution in [3.8, 4) is 12.3 Å². The fourth-order valence-corrected chi connectivity index (χ4v) is 2.96. The van der Waals surface area contributed by atoms with E-state index in [1.807, 2.05) is 11.8 Å². The van der Waals surface area contributed by atoms with E-state index in [1.165, 1.54) is 11.5 Å². The van der Waals surface area contributed by atoms with Gasteiger partial charge in [0.15, 0.2) is 0 Å². The molecule has 2 heteroatoms. The van der Waals surface area contributed by atoms with Gasteiger partial charge in [-0.3, -0.25) is 5.32 Å². The molecule has 1 rings (SSSR count). The van der Waals surface area contributed by atoms with Crippen LogP contribution in [0, 0.1) is 24.2 Å². The van der Waals surface area contributed by atoms with Crippen molar-refractivity contribution in [1.29, 1.82) is 0 Å². The van der Waals surface area contributed by atoms with Gasteiger partial charge in [-0.05, 0) is 17.6 Å². The van der Waals surface area contributed by atoms with Crippen LogP contribution in [-0.4, -0.2) is 23.6 Å². The molecule has 0 radical (unpaired) electrons. The average molecular weight is 197 g/mol. The Kier molecular flexibility index (Phi) is 4.15. The van der Waals surface area contributed by atoms with Crippen molar-refractivity contribution in [2.75, 3.05) is 11.5 Å². The predicted octanol–water partition coefficient (Wildman–Crippen LogP) is 1.99. The molecule has 3 atom stereocenters. The van der Waals surface area contributed by atoms with Gasteiger partial charge in [-0.1, -0.05) is 26.7 Å². The van der Waals surface area contributed by atoms with Crippen LogP contribution >= 0.6 is 11.8 Å². The Balaban J connectivity index is 2.42. The van der Waals surface area contributed by atoms with Crippen molar-refractivity contribution in [3.05, 3.63) is 0 Å². The first kappa shape index (κ1) is 10.9. The third-order valence-electron chi connectivity index (χ3n) is 2.60. The molecule has 0 aromatic rings. The fraction of sp³-hybridized carbons (Fsp3) is 0.818. The van der Waals surface area contributed by atoms with Gasteiger partial charge in [0.2, 0.25) is 0 Å². The Morgan fingerprint density at radius 1 is 1.46 bits per heavy atom. The van der Waals surface area contributed by atoms with Gasteiger partial charge in [0, 0.05) is 11.8 Å². The maximum absolute atomic E-state index is 5.48. The molecular formula is C11H19NS. The molecule has 1 heterocycles. The van der Waals surface area contributed by atoms with Crippen LogP contribution in [0.15, 0.2) is 0 Å². The summed E-state index contributed by atoms with van der Waals surface area (Å²) < 4.78 is 0. The highest BCUT2D eigenvalue weighted by Gasteiger charge is 2.26. The van der Waals surface area contributed by atoms with Crippen LogP contribution in [0.3, 0.4) is 0 Å². The van der Waals surface area contributed by atoms with Gasteiger partial charge in [0.1, 0.15) is 0 Å². The summed E-state index contributed by atoms with van der Waals surface area (Å²) in [6, 6.07) is 0.861. The molecule has 1 fully saturated rings. The second-order valence-corrected chi connectivity index (χ2v) is 5.25. The Labute approximate surface area is 86.1 Å². The van der Waals surface area contributed by atoms with Crippen LogP contribution in [0.25, 0.3) is 0 Å². The number of nitrogens with one attached hydrogen (secondary N) is 1. The molecule has 0 amide bonds. The van der Waals surface area contributed by atoms with Crippen molar-refractivity contribution in [1.82, 2.24) is 5.32 Å². The van der Waals surface area contributed by atoms with Gasteiger partial charge < -0.3 is 0 Å². The minimum absolute atomic E-state index is 0.242. The standard InChI is InChI=1S/C11H19NS/c1-5-10(8(2)3)12-11-7-13-6-9(11)4/h1,8-12H,6-7H2,2-4H3. The second kappa shape index (κ2) is 4.93. The summed E-state index contributed by atoms with van der Waals surface area (Å²) in [6.07, 6.45) is 5.48. The Bertz CT molecular complexity index is 195. The number of terminal acetylenes is 1. The maximum atomic E-state index is 5.48. The van der Waals surface area contributed by atoms with E-state index in [0.29, 0.717) is 12.0 Å². The maximum Gasteiger partial charge on any atom is 0.0712 e. The topological polar surface area (TPSA) is 12.0 Å². The van der Waals surface area contributed by atoms with Crippen LogP contribution in [0.5, 0.6) is 0 Å². The van der Waals surface area contributed by atoms with E-state index in [1.54, 1.807) is 0 Å². The van der Waals surface area contributed by atoms with Gasteiger partial charge in [-0.25, -0.2) is 0 Å². The molecule has 13 heavy (non-hydrogen) atoms. The van der Waals surface area contributed by atoms with E-state index in [-0.39, 0.29) is 6.04 Å². The highest BCUT2D eigenvalue weighted by molar-refractivity contribution is 7.99. The molecule has 3 unspecified atom stereocenters. The summed E-state index contributed by atoms with van der Waals surface area (Å²) in [7, 11) is 0. The largest absolute Gasteiger partial charge is 0.300 e. The third kappa shape index (κ3) is 2.93. The van der Waals surface area contributed by atoms with E-state index in [9.17, 15) is 0 Å². The van der Waals surface area contributed by atoms with Gasteiger partial charge in [-0.2, -0.15) is 11.8 Å². The van der Waals surface area contributed by atoms with Crippen molar-refractivity contribution >= 4 is 11.8 Å². The zero-order chi connectivity index (χ0) is 9.84. The quantitative estimate of drug-likeness (QED) is 0.694. The first-order valence-electron chi connectivity index (χ1n) is 4.95. The van der Waals surface area contributed by atoms with E-state index >= 15 is 0 Å². The molecule has 0 spiro atoms. The number of thioether (sulfide) groups is 1. The van der Waals surface area contributed by atoms with E-state index in [0.717, 1.165) is 5.92 Å². The van der Waals surface area contributed by atoms with Gasteiger partial charge in [0.25, 0.3) is 0 Å². The highest BCUT2D eigenvalue weighted by atomic mass is 32.2. The molecule has 74 valence electrons. The predicted molar refractivity (Wildman–Crippen MR) is 60.9 cm³/mol. The minimum Gasteiger partial charge on any atom is -0.300 e. The normalized spacial score (nSPS) is 30.4. The van der Waals surface area contributed by atoms with Crippen LogP contribution in [0.2, 0.25) is 0 Å². The summed E-state index contributed by atoms with van der Waals surface area (Å²) >= 11 is 2.02. The van der Waals surface area contributed by atoms with Crippen molar-refractivity contribution in [2.45, 2.75) is 32.9 Å². The van der Waals surface area contributed by atoms with Gasteiger partial charge >= 0.3 is 0 Å². The molecule has 1 aliphatic rings. The monoisotopic (exact) mass is 197 g/mol. The summed E-state index contributed by atoms with van der Waals surface area (Å²) in [5.74, 6) is 6.61. The second-order valence-electron chi connectivity index (χ2n) is 4.18. The van der Waals surface area contributed by atoms with Crippen LogP contribution in [0.4, 0.5) is 0 Å². The first-order valence-corrected chi connectivity index (χ1v) is 6.10.